The molecule has 2 saturated heterocycles. The molecule has 0 unspecified atom stereocenters. The number of fused-ring (bicyclic) bond motifs is 2. The van der Waals surface area contributed by atoms with E-state index in [2.05, 4.69) is 60.1 Å². The van der Waals surface area contributed by atoms with Crippen molar-refractivity contribution in [2.24, 2.45) is 0 Å². The van der Waals surface area contributed by atoms with Gasteiger partial charge in [0.15, 0.2) is 5.82 Å². The highest BCUT2D eigenvalue weighted by Crippen LogP contribution is 2.35. The lowest BCUT2D eigenvalue weighted by atomic mass is 9.94. The van der Waals surface area contributed by atoms with Crippen molar-refractivity contribution in [2.45, 2.75) is 76.4 Å². The summed E-state index contributed by atoms with van der Waals surface area (Å²) in [7, 11) is 0. The standard InChI is InChI=1S/C26H35N7O/c1-2-18-10-11-23-19(15-18)16-22(26(34)27-23)24(32-14-13-31-12-6-9-21(31)17-32)25-28-29-30-33(25)20-7-4-3-5-8-20/h10-11,15-16,20-21,24H,2-9,12-14,17H2,1H3,(H,27,34)/t21-,24+/m1/s1. The quantitative estimate of drug-likeness (QED) is 0.627. The molecule has 180 valence electrons. The van der Waals surface area contributed by atoms with Crippen LogP contribution in [0.4, 0.5) is 0 Å². The molecule has 8 heteroatoms. The van der Waals surface area contributed by atoms with Crippen molar-refractivity contribution >= 4 is 10.9 Å². The van der Waals surface area contributed by atoms with E-state index in [1.807, 2.05) is 6.07 Å². The molecule has 1 aromatic carbocycles. The van der Waals surface area contributed by atoms with Gasteiger partial charge in [-0.15, -0.1) is 5.10 Å². The molecule has 1 N–H and O–H groups in total. The number of pyridine rings is 1. The van der Waals surface area contributed by atoms with E-state index in [4.69, 9.17) is 0 Å². The number of nitrogens with zero attached hydrogens (tertiary/aromatic N) is 6. The van der Waals surface area contributed by atoms with E-state index in [-0.39, 0.29) is 11.6 Å². The number of hydrogen-bond acceptors (Lipinski definition) is 6. The molecular formula is C26H35N7O. The summed E-state index contributed by atoms with van der Waals surface area (Å²) in [6.45, 7) is 6.27. The second-order valence-corrected chi connectivity index (χ2v) is 10.3. The summed E-state index contributed by atoms with van der Waals surface area (Å²) in [5.41, 5.74) is 2.89. The van der Waals surface area contributed by atoms with Crippen molar-refractivity contribution in [1.29, 1.82) is 0 Å². The minimum Gasteiger partial charge on any atom is -0.322 e. The fourth-order valence-electron chi connectivity index (χ4n) is 6.41. The van der Waals surface area contributed by atoms with Crippen LogP contribution in [0.5, 0.6) is 0 Å². The van der Waals surface area contributed by atoms with Crippen LogP contribution in [-0.2, 0) is 6.42 Å². The summed E-state index contributed by atoms with van der Waals surface area (Å²) in [6, 6.07) is 9.06. The molecule has 2 aliphatic heterocycles. The maximum absolute atomic E-state index is 13.5. The van der Waals surface area contributed by atoms with Crippen molar-refractivity contribution in [1.82, 2.24) is 35.0 Å². The van der Waals surface area contributed by atoms with Gasteiger partial charge in [-0.25, -0.2) is 4.68 Å². The Morgan fingerprint density at radius 3 is 2.74 bits per heavy atom. The fraction of sp³-hybridized carbons (Fsp3) is 0.615. The third kappa shape index (κ3) is 3.96. The maximum Gasteiger partial charge on any atom is 0.253 e. The third-order valence-electron chi connectivity index (χ3n) is 8.31. The molecule has 4 heterocycles. The van der Waals surface area contributed by atoms with E-state index in [1.165, 1.54) is 44.2 Å². The zero-order chi connectivity index (χ0) is 23.1. The van der Waals surface area contributed by atoms with E-state index in [9.17, 15) is 4.79 Å². The Hall–Kier alpha value is -2.58. The zero-order valence-electron chi connectivity index (χ0n) is 20.1. The number of rotatable bonds is 5. The zero-order valence-corrected chi connectivity index (χ0v) is 20.1. The van der Waals surface area contributed by atoms with Crippen LogP contribution in [0.1, 0.15) is 80.9 Å². The Morgan fingerprint density at radius 2 is 1.88 bits per heavy atom. The summed E-state index contributed by atoms with van der Waals surface area (Å²) in [5, 5.41) is 14.3. The highest BCUT2D eigenvalue weighted by Gasteiger charge is 2.38. The van der Waals surface area contributed by atoms with Crippen molar-refractivity contribution in [3.8, 4) is 0 Å². The van der Waals surface area contributed by atoms with Gasteiger partial charge in [-0.05, 0) is 78.2 Å². The Balaban J connectivity index is 1.46. The Labute approximate surface area is 200 Å². The normalized spacial score (nSPS) is 23.4. The predicted molar refractivity (Wildman–Crippen MR) is 132 cm³/mol. The van der Waals surface area contributed by atoms with Gasteiger partial charge in [0.25, 0.3) is 5.56 Å². The monoisotopic (exact) mass is 461 g/mol. The first-order valence-corrected chi connectivity index (χ1v) is 13.1. The number of piperazine rings is 1. The van der Waals surface area contributed by atoms with Gasteiger partial charge >= 0.3 is 0 Å². The Kier molecular flexibility index (Phi) is 5.95. The first-order valence-electron chi connectivity index (χ1n) is 13.1. The Bertz CT molecular complexity index is 1210. The van der Waals surface area contributed by atoms with E-state index in [1.54, 1.807) is 0 Å². The lowest BCUT2D eigenvalue weighted by Gasteiger charge is -2.41. The molecule has 1 aliphatic carbocycles. The van der Waals surface area contributed by atoms with Crippen molar-refractivity contribution in [3.05, 3.63) is 51.6 Å². The molecule has 0 radical (unpaired) electrons. The second-order valence-electron chi connectivity index (χ2n) is 10.3. The highest BCUT2D eigenvalue weighted by atomic mass is 16.1. The first kappa shape index (κ1) is 21.9. The summed E-state index contributed by atoms with van der Waals surface area (Å²) >= 11 is 0. The number of nitrogens with one attached hydrogen (secondary N) is 1. The van der Waals surface area contributed by atoms with Crippen LogP contribution < -0.4 is 5.56 Å². The van der Waals surface area contributed by atoms with Crippen molar-refractivity contribution in [3.63, 3.8) is 0 Å². The first-order chi connectivity index (χ1) is 16.7. The van der Waals surface area contributed by atoms with Crippen LogP contribution in [0.15, 0.2) is 29.1 Å². The van der Waals surface area contributed by atoms with Gasteiger partial charge in [0, 0.05) is 36.8 Å². The van der Waals surface area contributed by atoms with Crippen LogP contribution in [0.2, 0.25) is 0 Å². The van der Waals surface area contributed by atoms with Crippen LogP contribution >= 0.6 is 0 Å². The molecule has 2 aromatic heterocycles. The molecule has 3 aliphatic rings. The van der Waals surface area contributed by atoms with Gasteiger partial charge in [0.1, 0.15) is 6.04 Å². The van der Waals surface area contributed by atoms with Gasteiger partial charge in [-0.3, -0.25) is 14.6 Å². The maximum atomic E-state index is 13.5. The molecule has 6 rings (SSSR count). The van der Waals surface area contributed by atoms with Crippen molar-refractivity contribution in [2.75, 3.05) is 26.2 Å². The fourth-order valence-corrected chi connectivity index (χ4v) is 6.41. The number of aryl methyl sites for hydroxylation is 1. The average Bonchev–Trinajstić information content (AvgIpc) is 3.54. The highest BCUT2D eigenvalue weighted by molar-refractivity contribution is 5.80. The minimum absolute atomic E-state index is 0.0335. The second kappa shape index (κ2) is 9.23. The summed E-state index contributed by atoms with van der Waals surface area (Å²) in [5.74, 6) is 0.829. The number of H-pyrrole nitrogens is 1. The van der Waals surface area contributed by atoms with Gasteiger partial charge < -0.3 is 4.98 Å². The summed E-state index contributed by atoms with van der Waals surface area (Å²) < 4.78 is 2.05. The minimum atomic E-state index is -0.238. The summed E-state index contributed by atoms with van der Waals surface area (Å²) in [6.07, 6.45) is 9.38. The number of aromatic amines is 1. The van der Waals surface area contributed by atoms with E-state index >= 15 is 0 Å². The average molecular weight is 462 g/mol. The third-order valence-corrected chi connectivity index (χ3v) is 8.31. The predicted octanol–water partition coefficient (Wildman–Crippen LogP) is 3.45. The van der Waals surface area contributed by atoms with Gasteiger partial charge in [0.05, 0.1) is 6.04 Å². The number of hydrogen-bond donors (Lipinski definition) is 1. The number of tetrazole rings is 1. The van der Waals surface area contributed by atoms with E-state index in [0.717, 1.165) is 61.2 Å². The molecular weight excluding hydrogens is 426 g/mol. The van der Waals surface area contributed by atoms with Gasteiger partial charge in [-0.1, -0.05) is 32.3 Å². The SMILES string of the molecule is CCc1ccc2[nH]c(=O)c([C@@H](c3nnnn3C3CCCCC3)N3CCN4CCC[C@@H]4C3)cc2c1. The van der Waals surface area contributed by atoms with Crippen LogP contribution in [-0.4, -0.2) is 67.2 Å². The lowest BCUT2D eigenvalue weighted by Crippen LogP contribution is -2.52. The van der Waals surface area contributed by atoms with Crippen LogP contribution in [0.3, 0.4) is 0 Å². The molecule has 1 saturated carbocycles. The summed E-state index contributed by atoms with van der Waals surface area (Å²) in [4.78, 5) is 21.8. The number of aromatic nitrogens is 5. The molecule has 8 nitrogen and oxygen atoms in total. The largest absolute Gasteiger partial charge is 0.322 e. The van der Waals surface area contributed by atoms with Crippen molar-refractivity contribution < 1.29 is 0 Å². The molecule has 3 fully saturated rings. The Morgan fingerprint density at radius 1 is 1.03 bits per heavy atom. The van der Waals surface area contributed by atoms with Crippen LogP contribution in [0, 0.1) is 0 Å². The van der Waals surface area contributed by atoms with Crippen LogP contribution in [0.25, 0.3) is 10.9 Å². The molecule has 0 spiro atoms. The van der Waals surface area contributed by atoms with E-state index in [0.29, 0.717) is 12.1 Å². The number of benzene rings is 1. The van der Waals surface area contributed by atoms with E-state index < -0.39 is 0 Å². The molecule has 34 heavy (non-hydrogen) atoms. The molecule has 2 atom stereocenters. The van der Waals surface area contributed by atoms with Gasteiger partial charge in [-0.2, -0.15) is 0 Å². The smallest absolute Gasteiger partial charge is 0.253 e. The molecule has 0 bridgehead atoms. The van der Waals surface area contributed by atoms with Gasteiger partial charge in [0.2, 0.25) is 0 Å². The molecule has 3 aromatic rings. The topological polar surface area (TPSA) is 82.9 Å². The lowest BCUT2D eigenvalue weighted by molar-refractivity contribution is 0.0778. The molecule has 0 amide bonds.